The average Bonchev–Trinajstić information content (AvgIpc) is 2.24. The largest absolute Gasteiger partial charge is 0.442 e. The van der Waals surface area contributed by atoms with Crippen molar-refractivity contribution < 1.29 is 14.3 Å². The molecule has 0 aliphatic carbocycles. The lowest BCUT2D eigenvalue weighted by Crippen LogP contribution is -2.50. The maximum absolute atomic E-state index is 12.0. The molecule has 0 saturated carbocycles. The molecule has 6 nitrogen and oxygen atoms in total. The molecule has 0 atom stereocenters. The summed E-state index contributed by atoms with van der Waals surface area (Å²) in [6.45, 7) is 4.84. The van der Waals surface area contributed by atoms with Crippen molar-refractivity contribution in [2.45, 2.75) is 32.8 Å². The average molecular weight is 281 g/mol. The Morgan fingerprint density at radius 3 is 2.74 bits per heavy atom. The van der Waals surface area contributed by atoms with Crippen LogP contribution in [0, 0.1) is 11.3 Å². The number of amides is 2. The number of nitrogens with zero attached hydrogens (tertiary/aromatic N) is 3. The molecular formula is C12H15N3O3S. The zero-order valence-corrected chi connectivity index (χ0v) is 11.9. The Morgan fingerprint density at radius 2 is 2.26 bits per heavy atom. The number of rotatable bonds is 2. The van der Waals surface area contributed by atoms with Gasteiger partial charge in [-0.2, -0.15) is 10.3 Å². The van der Waals surface area contributed by atoms with Gasteiger partial charge in [0.2, 0.25) is 0 Å². The van der Waals surface area contributed by atoms with Gasteiger partial charge in [0.1, 0.15) is 12.1 Å². The number of carbonyl (C=O) groups excluding carboxylic acids is 2. The third-order valence-electron chi connectivity index (χ3n) is 2.07. The van der Waals surface area contributed by atoms with E-state index in [1.165, 1.54) is 6.20 Å². The summed E-state index contributed by atoms with van der Waals surface area (Å²) in [5, 5.41) is 10.8. The van der Waals surface area contributed by atoms with Gasteiger partial charge in [-0.25, -0.2) is 9.80 Å². The van der Waals surface area contributed by atoms with Crippen molar-refractivity contribution in [3.63, 3.8) is 0 Å². The predicted molar refractivity (Wildman–Crippen MR) is 71.8 cm³/mol. The van der Waals surface area contributed by atoms with Crippen molar-refractivity contribution in [3.05, 3.63) is 12.3 Å². The monoisotopic (exact) mass is 281 g/mol. The molecule has 102 valence electrons. The molecule has 19 heavy (non-hydrogen) atoms. The molecule has 0 aromatic rings. The van der Waals surface area contributed by atoms with Crippen LogP contribution in [0.3, 0.4) is 0 Å². The van der Waals surface area contributed by atoms with E-state index in [1.54, 1.807) is 26.8 Å². The van der Waals surface area contributed by atoms with Crippen LogP contribution in [-0.4, -0.2) is 39.0 Å². The zero-order chi connectivity index (χ0) is 14.6. The number of nitriles is 1. The molecule has 0 unspecified atom stereocenters. The fourth-order valence-electron chi connectivity index (χ4n) is 1.35. The summed E-state index contributed by atoms with van der Waals surface area (Å²) in [6, 6.07) is 1.83. The van der Waals surface area contributed by atoms with E-state index < -0.39 is 11.7 Å². The number of hydrogen-bond donors (Lipinski definition) is 0. The van der Waals surface area contributed by atoms with Gasteiger partial charge in [0.25, 0.3) is 5.91 Å². The number of allylic oxidation sites excluding steroid dienone is 1. The number of thiocarbonyl (C=S) groups is 1. The minimum Gasteiger partial charge on any atom is -0.442 e. The van der Waals surface area contributed by atoms with Crippen molar-refractivity contribution in [3.8, 4) is 6.07 Å². The zero-order valence-electron chi connectivity index (χ0n) is 11.0. The molecule has 0 bridgehead atoms. The molecular weight excluding hydrogens is 266 g/mol. The van der Waals surface area contributed by atoms with Crippen LogP contribution in [0.1, 0.15) is 27.2 Å². The van der Waals surface area contributed by atoms with E-state index >= 15 is 0 Å². The van der Waals surface area contributed by atoms with E-state index in [2.05, 4.69) is 0 Å². The second-order valence-electron chi connectivity index (χ2n) is 4.89. The lowest BCUT2D eigenvalue weighted by molar-refractivity contribution is -0.139. The second kappa shape index (κ2) is 5.80. The fourth-order valence-corrected chi connectivity index (χ4v) is 1.54. The van der Waals surface area contributed by atoms with Crippen LogP contribution in [0.15, 0.2) is 12.3 Å². The molecule has 7 heteroatoms. The van der Waals surface area contributed by atoms with Gasteiger partial charge in [-0.15, -0.1) is 0 Å². The van der Waals surface area contributed by atoms with Gasteiger partial charge in [0, 0.05) is 11.1 Å². The van der Waals surface area contributed by atoms with E-state index in [4.69, 9.17) is 22.2 Å². The van der Waals surface area contributed by atoms with E-state index in [0.29, 0.717) is 4.86 Å². The van der Waals surface area contributed by atoms with Gasteiger partial charge in [-0.1, -0.05) is 12.2 Å². The van der Waals surface area contributed by atoms with Crippen LogP contribution in [0.2, 0.25) is 0 Å². The highest BCUT2D eigenvalue weighted by molar-refractivity contribution is 7.80. The van der Waals surface area contributed by atoms with Crippen molar-refractivity contribution >= 4 is 29.1 Å². The highest BCUT2D eigenvalue weighted by atomic mass is 32.1. The van der Waals surface area contributed by atoms with Crippen molar-refractivity contribution in [1.82, 2.24) is 10.0 Å². The van der Waals surface area contributed by atoms with Gasteiger partial charge < -0.3 is 4.74 Å². The first-order valence-electron chi connectivity index (χ1n) is 5.65. The highest BCUT2D eigenvalue weighted by Gasteiger charge is 2.30. The summed E-state index contributed by atoms with van der Waals surface area (Å²) in [4.78, 5) is 24.3. The van der Waals surface area contributed by atoms with Gasteiger partial charge in [0.15, 0.2) is 0 Å². The third kappa shape index (κ3) is 4.34. The minimum atomic E-state index is -0.750. The first-order valence-corrected chi connectivity index (χ1v) is 6.06. The van der Waals surface area contributed by atoms with Gasteiger partial charge in [-0.05, 0) is 26.8 Å². The van der Waals surface area contributed by atoms with Crippen molar-refractivity contribution in [1.29, 1.82) is 5.26 Å². The summed E-state index contributed by atoms with van der Waals surface area (Å²) in [5.41, 5.74) is -0.706. The topological polar surface area (TPSA) is 73.6 Å². The van der Waals surface area contributed by atoms with Gasteiger partial charge in [0.05, 0.1) is 12.5 Å². The number of hydrogen-bond acceptors (Lipinski definition) is 5. The smallest absolute Gasteiger partial charge is 0.430 e. The minimum absolute atomic E-state index is 0.0383. The normalized spacial score (nSPS) is 15.2. The summed E-state index contributed by atoms with van der Waals surface area (Å²) < 4.78 is 5.16. The Morgan fingerprint density at radius 1 is 1.63 bits per heavy atom. The first-order chi connectivity index (χ1) is 8.74. The highest BCUT2D eigenvalue weighted by Crippen LogP contribution is 2.15. The third-order valence-corrected chi connectivity index (χ3v) is 2.35. The van der Waals surface area contributed by atoms with Crippen molar-refractivity contribution in [2.75, 3.05) is 6.54 Å². The Bertz CT molecular complexity index is 474. The molecule has 0 N–H and O–H groups in total. The molecule has 0 saturated heterocycles. The van der Waals surface area contributed by atoms with Crippen LogP contribution in [0.5, 0.6) is 0 Å². The standard InChI is InChI=1S/C12H15N3O3S/c1-12(2,3)18-11(17)15(7-5-13)14-6-4-9(19)8-10(14)16/h4,6H,7-8H2,1-3H3. The molecule has 2 amide bonds. The molecule has 1 heterocycles. The molecule has 0 aromatic carbocycles. The molecule has 1 aliphatic heterocycles. The molecule has 0 radical (unpaired) electrons. The van der Waals surface area contributed by atoms with Gasteiger partial charge >= 0.3 is 6.09 Å². The summed E-state index contributed by atoms with van der Waals surface area (Å²) >= 11 is 4.91. The van der Waals surface area contributed by atoms with Crippen LogP contribution < -0.4 is 0 Å². The van der Waals surface area contributed by atoms with Crippen LogP contribution in [0.4, 0.5) is 4.79 Å². The Kier molecular flexibility index (Phi) is 4.62. The van der Waals surface area contributed by atoms with Crippen molar-refractivity contribution in [2.24, 2.45) is 0 Å². The Balaban J connectivity index is 2.92. The predicted octanol–water partition coefficient (Wildman–Crippen LogP) is 1.78. The molecule has 1 rings (SSSR count). The number of hydrazine groups is 1. The lowest BCUT2D eigenvalue weighted by Gasteiger charge is -2.33. The summed E-state index contributed by atoms with van der Waals surface area (Å²) in [5.74, 6) is -0.367. The quantitative estimate of drug-likeness (QED) is 0.570. The van der Waals surface area contributed by atoms with E-state index in [1.807, 2.05) is 6.07 Å². The molecule has 0 fully saturated rings. The fraction of sp³-hybridized carbons (Fsp3) is 0.500. The summed E-state index contributed by atoms with van der Waals surface area (Å²) in [7, 11) is 0. The SMILES string of the molecule is CC(C)(C)OC(=O)N(CC#N)N1C=CC(=S)CC1=O. The second-order valence-corrected chi connectivity index (χ2v) is 5.42. The maximum Gasteiger partial charge on any atom is 0.430 e. The lowest BCUT2D eigenvalue weighted by atomic mass is 10.2. The number of ether oxygens (including phenoxy) is 1. The molecule has 1 aliphatic rings. The Hall–Kier alpha value is -1.94. The first kappa shape index (κ1) is 15.1. The number of carbonyl (C=O) groups is 2. The van der Waals surface area contributed by atoms with Crippen LogP contribution in [-0.2, 0) is 9.53 Å². The van der Waals surface area contributed by atoms with E-state index in [9.17, 15) is 9.59 Å². The van der Waals surface area contributed by atoms with Crippen LogP contribution >= 0.6 is 12.2 Å². The van der Waals surface area contributed by atoms with Gasteiger partial charge in [-0.3, -0.25) is 4.79 Å². The molecule has 0 spiro atoms. The van der Waals surface area contributed by atoms with E-state index in [0.717, 1.165) is 10.0 Å². The molecule has 0 aromatic heterocycles. The van der Waals surface area contributed by atoms with E-state index in [-0.39, 0.29) is 18.9 Å². The Labute approximate surface area is 117 Å². The summed E-state index contributed by atoms with van der Waals surface area (Å²) in [6.07, 6.45) is 2.21. The van der Waals surface area contributed by atoms with Crippen LogP contribution in [0.25, 0.3) is 0 Å². The maximum atomic E-state index is 12.0.